The average Bonchev–Trinajstić information content (AvgIpc) is 3.27. The van der Waals surface area contributed by atoms with Gasteiger partial charge in [-0.3, -0.25) is 9.69 Å². The topological polar surface area (TPSA) is 45.3 Å². The molecule has 1 aliphatic heterocycles. The van der Waals surface area contributed by atoms with Gasteiger partial charge in [-0.05, 0) is 44.1 Å². The number of carbonyl (C=O) groups excluding carboxylic acids is 1. The number of carbonyl (C=O) groups is 1. The van der Waals surface area contributed by atoms with Crippen molar-refractivity contribution < 1.29 is 9.53 Å². The molecule has 1 atom stereocenters. The molecule has 1 N–H and O–H groups in total. The van der Waals surface area contributed by atoms with Crippen LogP contribution >= 0.6 is 0 Å². The van der Waals surface area contributed by atoms with Crippen LogP contribution in [0.3, 0.4) is 0 Å². The van der Waals surface area contributed by atoms with Crippen molar-refractivity contribution in [2.45, 2.75) is 25.5 Å². The third kappa shape index (κ3) is 3.05. The van der Waals surface area contributed by atoms with Gasteiger partial charge in [-0.25, -0.2) is 0 Å². The molecule has 1 fully saturated rings. The largest absolute Gasteiger partial charge is 0.488 e. The number of benzene rings is 2. The maximum Gasteiger partial charge on any atom is 0.182 e. The molecule has 0 bridgehead atoms. The first-order chi connectivity index (χ1) is 12.2. The van der Waals surface area contributed by atoms with Gasteiger partial charge in [0.2, 0.25) is 0 Å². The third-order valence-corrected chi connectivity index (χ3v) is 4.99. The summed E-state index contributed by atoms with van der Waals surface area (Å²) in [6, 6.07) is 15.9. The van der Waals surface area contributed by atoms with Gasteiger partial charge < -0.3 is 9.72 Å². The predicted molar refractivity (Wildman–Crippen MR) is 99.1 cm³/mol. The third-order valence-electron chi connectivity index (χ3n) is 4.99. The van der Waals surface area contributed by atoms with E-state index >= 15 is 0 Å². The van der Waals surface area contributed by atoms with Crippen LogP contribution in [0.1, 0.15) is 28.8 Å². The van der Waals surface area contributed by atoms with Gasteiger partial charge in [-0.1, -0.05) is 36.4 Å². The van der Waals surface area contributed by atoms with Crippen LogP contribution in [0.25, 0.3) is 10.9 Å². The van der Waals surface area contributed by atoms with Gasteiger partial charge in [0.05, 0.1) is 11.4 Å². The Morgan fingerprint density at radius 1 is 1.20 bits per heavy atom. The molecule has 4 nitrogen and oxygen atoms in total. The number of ether oxygens (including phenoxy) is 1. The number of nitrogens with zero attached hydrogens (tertiary/aromatic N) is 1. The number of Topliss-reactive ketones (excluding diaryl/α,β-unsaturated/α-hetero) is 1. The first-order valence-electron chi connectivity index (χ1n) is 8.75. The lowest BCUT2D eigenvalue weighted by Crippen LogP contribution is -2.32. The van der Waals surface area contributed by atoms with Crippen LogP contribution in [0, 0.1) is 0 Å². The van der Waals surface area contributed by atoms with Gasteiger partial charge in [0.25, 0.3) is 0 Å². The highest BCUT2D eigenvalue weighted by atomic mass is 16.5. The highest BCUT2D eigenvalue weighted by Gasteiger charge is 2.30. The summed E-state index contributed by atoms with van der Waals surface area (Å²) in [7, 11) is 2.03. The number of fused-ring (bicyclic) bond motifs is 1. The zero-order chi connectivity index (χ0) is 17.2. The molecule has 25 heavy (non-hydrogen) atoms. The Morgan fingerprint density at radius 3 is 2.80 bits per heavy atom. The average molecular weight is 334 g/mol. The number of aromatic nitrogens is 1. The minimum atomic E-state index is -0.0267. The van der Waals surface area contributed by atoms with Crippen molar-refractivity contribution >= 4 is 16.7 Å². The summed E-state index contributed by atoms with van der Waals surface area (Å²) in [5, 5.41) is 0.892. The smallest absolute Gasteiger partial charge is 0.182 e. The monoisotopic (exact) mass is 334 g/mol. The second kappa shape index (κ2) is 6.73. The second-order valence-electron chi connectivity index (χ2n) is 6.66. The Hall–Kier alpha value is -2.59. The standard InChI is InChI=1S/C21H22N2O2/c1-23-12-6-10-18(23)21(24)16-13-22-17-9-5-11-19(20(16)17)25-14-15-7-3-2-4-8-15/h2-5,7-9,11,13,18,22H,6,10,12,14H2,1H3/t18-/m1/s1. The summed E-state index contributed by atoms with van der Waals surface area (Å²) in [6.45, 7) is 1.47. The summed E-state index contributed by atoms with van der Waals surface area (Å²) >= 11 is 0. The lowest BCUT2D eigenvalue weighted by Gasteiger charge is -2.18. The molecule has 1 saturated heterocycles. The van der Waals surface area contributed by atoms with Crippen molar-refractivity contribution in [2.24, 2.45) is 0 Å². The quantitative estimate of drug-likeness (QED) is 0.717. The number of rotatable bonds is 5. The van der Waals surface area contributed by atoms with E-state index in [2.05, 4.69) is 9.88 Å². The zero-order valence-corrected chi connectivity index (χ0v) is 14.4. The first kappa shape index (κ1) is 15.9. The fourth-order valence-corrected chi connectivity index (χ4v) is 3.62. The van der Waals surface area contributed by atoms with Crippen molar-refractivity contribution in [2.75, 3.05) is 13.6 Å². The Labute approximate surface area is 147 Å². The van der Waals surface area contributed by atoms with E-state index in [1.54, 1.807) is 0 Å². The molecule has 128 valence electrons. The van der Waals surface area contributed by atoms with Gasteiger partial charge in [0.1, 0.15) is 12.4 Å². The first-order valence-corrected chi connectivity index (χ1v) is 8.75. The Balaban J connectivity index is 1.66. The molecule has 2 heterocycles. The predicted octanol–water partition coefficient (Wildman–Crippen LogP) is 4.02. The Kier molecular flexibility index (Phi) is 4.28. The number of hydrogen-bond donors (Lipinski definition) is 1. The molecule has 1 aromatic heterocycles. The SMILES string of the molecule is CN1CCC[C@@H]1C(=O)c1c[nH]c2cccc(OCc3ccccc3)c12. The van der Waals surface area contributed by atoms with E-state index in [0.29, 0.717) is 6.61 Å². The molecule has 0 radical (unpaired) electrons. The Bertz CT molecular complexity index is 885. The molecule has 3 aromatic rings. The van der Waals surface area contributed by atoms with Gasteiger partial charge in [-0.2, -0.15) is 0 Å². The second-order valence-corrected chi connectivity index (χ2v) is 6.66. The number of hydrogen-bond acceptors (Lipinski definition) is 3. The van der Waals surface area contributed by atoms with E-state index in [1.807, 2.05) is 61.8 Å². The summed E-state index contributed by atoms with van der Waals surface area (Å²) in [4.78, 5) is 18.4. The number of likely N-dealkylation sites (N-methyl/N-ethyl adjacent to an activating group) is 1. The van der Waals surface area contributed by atoms with Crippen LogP contribution in [-0.4, -0.2) is 35.3 Å². The van der Waals surface area contributed by atoms with Crippen LogP contribution in [-0.2, 0) is 6.61 Å². The summed E-state index contributed by atoms with van der Waals surface area (Å²) < 4.78 is 6.06. The molecule has 0 aliphatic carbocycles. The van der Waals surface area contributed by atoms with Crippen LogP contribution < -0.4 is 4.74 Å². The number of ketones is 1. The molecule has 4 heteroatoms. The molecule has 0 amide bonds. The molecule has 0 unspecified atom stereocenters. The van der Waals surface area contributed by atoms with E-state index < -0.39 is 0 Å². The molecular formula is C21H22N2O2. The van der Waals surface area contributed by atoms with Gasteiger partial charge >= 0.3 is 0 Å². The summed E-state index contributed by atoms with van der Waals surface area (Å²) in [6.07, 6.45) is 3.83. The van der Waals surface area contributed by atoms with Crippen molar-refractivity contribution in [3.63, 3.8) is 0 Å². The lowest BCUT2D eigenvalue weighted by molar-refractivity contribution is 0.0892. The number of aromatic amines is 1. The minimum absolute atomic E-state index is 0.0267. The van der Waals surface area contributed by atoms with Crippen LogP contribution in [0.4, 0.5) is 0 Å². The van der Waals surface area contributed by atoms with Gasteiger partial charge in [0, 0.05) is 17.3 Å². The maximum absolute atomic E-state index is 13.0. The number of H-pyrrole nitrogens is 1. The molecule has 1 aliphatic rings. The van der Waals surface area contributed by atoms with E-state index in [4.69, 9.17) is 4.74 Å². The van der Waals surface area contributed by atoms with Crippen molar-refractivity contribution in [3.05, 3.63) is 65.9 Å². The number of nitrogens with one attached hydrogen (secondary N) is 1. The van der Waals surface area contributed by atoms with E-state index in [1.165, 1.54) is 0 Å². The lowest BCUT2D eigenvalue weighted by atomic mass is 10.0. The van der Waals surface area contributed by atoms with E-state index in [0.717, 1.165) is 47.2 Å². The molecule has 0 spiro atoms. The summed E-state index contributed by atoms with van der Waals surface area (Å²) in [5.41, 5.74) is 2.78. The normalized spacial score (nSPS) is 17.9. The molecule has 4 rings (SSSR count). The van der Waals surface area contributed by atoms with Gasteiger partial charge in [0.15, 0.2) is 5.78 Å². The molecule has 0 saturated carbocycles. The van der Waals surface area contributed by atoms with Crippen LogP contribution in [0.2, 0.25) is 0 Å². The fraction of sp³-hybridized carbons (Fsp3) is 0.286. The highest BCUT2D eigenvalue weighted by Crippen LogP contribution is 2.32. The van der Waals surface area contributed by atoms with Crippen LogP contribution in [0.5, 0.6) is 5.75 Å². The van der Waals surface area contributed by atoms with Crippen LogP contribution in [0.15, 0.2) is 54.7 Å². The van der Waals surface area contributed by atoms with Gasteiger partial charge in [-0.15, -0.1) is 0 Å². The van der Waals surface area contributed by atoms with Crippen molar-refractivity contribution in [1.82, 2.24) is 9.88 Å². The van der Waals surface area contributed by atoms with E-state index in [9.17, 15) is 4.79 Å². The highest BCUT2D eigenvalue weighted by molar-refractivity contribution is 6.12. The zero-order valence-electron chi connectivity index (χ0n) is 14.4. The maximum atomic E-state index is 13.0. The van der Waals surface area contributed by atoms with Crippen molar-refractivity contribution in [3.8, 4) is 5.75 Å². The summed E-state index contributed by atoms with van der Waals surface area (Å²) in [5.74, 6) is 0.939. The minimum Gasteiger partial charge on any atom is -0.488 e. The van der Waals surface area contributed by atoms with E-state index in [-0.39, 0.29) is 11.8 Å². The van der Waals surface area contributed by atoms with Crippen molar-refractivity contribution in [1.29, 1.82) is 0 Å². The number of likely N-dealkylation sites (tertiary alicyclic amines) is 1. The Morgan fingerprint density at radius 2 is 2.04 bits per heavy atom. The fourth-order valence-electron chi connectivity index (χ4n) is 3.62. The molecule has 2 aromatic carbocycles. The molecular weight excluding hydrogens is 312 g/mol.